The largest absolute Gasteiger partial charge is 0.454 e. The van der Waals surface area contributed by atoms with E-state index in [9.17, 15) is 0 Å². The Morgan fingerprint density at radius 2 is 2.09 bits per heavy atom. The number of hydrogen-bond acceptors (Lipinski definition) is 6. The van der Waals surface area contributed by atoms with Crippen molar-refractivity contribution in [2.75, 3.05) is 6.79 Å². The Hall–Kier alpha value is -2.05. The number of benzene rings is 1. The lowest BCUT2D eigenvalue weighted by atomic mass is 10.2. The third kappa shape index (κ3) is 2.80. The maximum Gasteiger partial charge on any atom is 0.231 e. The molecule has 0 unspecified atom stereocenters. The molecule has 110 valence electrons. The minimum Gasteiger partial charge on any atom is -0.454 e. The Kier molecular flexibility index (Phi) is 3.70. The zero-order valence-electron chi connectivity index (χ0n) is 11.6. The molecule has 3 heterocycles. The van der Waals surface area contributed by atoms with Crippen molar-refractivity contribution in [3.05, 3.63) is 53.7 Å². The van der Waals surface area contributed by atoms with Crippen LogP contribution in [0.25, 0.3) is 10.6 Å². The van der Waals surface area contributed by atoms with Gasteiger partial charge >= 0.3 is 0 Å². The second-order valence-corrected chi connectivity index (χ2v) is 6.52. The van der Waals surface area contributed by atoms with Gasteiger partial charge < -0.3 is 9.47 Å². The number of thioether (sulfide) groups is 1. The Bertz CT molecular complexity index is 790. The number of thiazole rings is 1. The topological polar surface area (TPSA) is 44.2 Å². The maximum absolute atomic E-state index is 5.41. The highest BCUT2D eigenvalue weighted by Crippen LogP contribution is 2.37. The van der Waals surface area contributed by atoms with Gasteiger partial charge in [0.15, 0.2) is 11.5 Å². The first-order valence-electron chi connectivity index (χ1n) is 6.77. The number of pyridine rings is 1. The van der Waals surface area contributed by atoms with Gasteiger partial charge in [0.2, 0.25) is 6.79 Å². The molecular formula is C16H12N2O2S2. The fourth-order valence-corrected chi connectivity index (χ4v) is 3.79. The first kappa shape index (κ1) is 13.6. The van der Waals surface area contributed by atoms with Crippen LogP contribution in [-0.4, -0.2) is 16.8 Å². The summed E-state index contributed by atoms with van der Waals surface area (Å²) in [6, 6.07) is 11.9. The molecule has 1 aliphatic rings. The smallest absolute Gasteiger partial charge is 0.231 e. The van der Waals surface area contributed by atoms with Crippen molar-refractivity contribution in [1.29, 1.82) is 0 Å². The molecule has 3 aromatic rings. The summed E-state index contributed by atoms with van der Waals surface area (Å²) in [7, 11) is 0. The van der Waals surface area contributed by atoms with E-state index in [1.807, 2.05) is 36.4 Å². The number of fused-ring (bicyclic) bond motifs is 1. The van der Waals surface area contributed by atoms with Gasteiger partial charge in [-0.2, -0.15) is 0 Å². The normalized spacial score (nSPS) is 12.5. The van der Waals surface area contributed by atoms with Crippen molar-refractivity contribution < 1.29 is 9.47 Å². The van der Waals surface area contributed by atoms with E-state index in [0.29, 0.717) is 6.79 Å². The highest BCUT2D eigenvalue weighted by atomic mass is 32.2. The summed E-state index contributed by atoms with van der Waals surface area (Å²) in [5.74, 6) is 2.40. The molecule has 1 aromatic carbocycles. The molecule has 0 saturated heterocycles. The highest BCUT2D eigenvalue weighted by molar-refractivity contribution is 7.98. The Morgan fingerprint density at radius 3 is 3.00 bits per heavy atom. The summed E-state index contributed by atoms with van der Waals surface area (Å²) in [6.07, 6.45) is 1.81. The number of aromatic nitrogens is 2. The van der Waals surface area contributed by atoms with Crippen LogP contribution in [-0.2, 0) is 5.75 Å². The van der Waals surface area contributed by atoms with Gasteiger partial charge in [0, 0.05) is 22.9 Å². The molecule has 2 aromatic heterocycles. The van der Waals surface area contributed by atoms with Gasteiger partial charge in [-0.15, -0.1) is 23.1 Å². The van der Waals surface area contributed by atoms with Crippen LogP contribution < -0.4 is 9.47 Å². The minimum absolute atomic E-state index is 0.294. The summed E-state index contributed by atoms with van der Waals surface area (Å²) < 4.78 is 10.7. The van der Waals surface area contributed by atoms with Gasteiger partial charge in [0.05, 0.1) is 10.7 Å². The van der Waals surface area contributed by atoms with Gasteiger partial charge in [-0.05, 0) is 30.3 Å². The summed E-state index contributed by atoms with van der Waals surface area (Å²) in [5, 5.41) is 4.10. The maximum atomic E-state index is 5.41. The molecule has 0 saturated carbocycles. The first-order chi connectivity index (χ1) is 10.9. The number of hydrogen-bond donors (Lipinski definition) is 0. The van der Waals surface area contributed by atoms with Crippen molar-refractivity contribution in [1.82, 2.24) is 9.97 Å². The van der Waals surface area contributed by atoms with Crippen molar-refractivity contribution in [3.63, 3.8) is 0 Å². The monoisotopic (exact) mass is 328 g/mol. The molecular weight excluding hydrogens is 316 g/mol. The molecule has 0 amide bonds. The van der Waals surface area contributed by atoms with E-state index in [2.05, 4.69) is 10.4 Å². The number of rotatable bonds is 4. The molecule has 0 atom stereocenters. The Labute approximate surface area is 136 Å². The summed E-state index contributed by atoms with van der Waals surface area (Å²) in [5.41, 5.74) is 2.12. The SMILES string of the molecule is c1ccc(SCc2csc(-c3ccc4c(c3)OCO4)n2)nc1. The first-order valence-corrected chi connectivity index (χ1v) is 8.63. The molecule has 0 fully saturated rings. The molecule has 22 heavy (non-hydrogen) atoms. The lowest BCUT2D eigenvalue weighted by Gasteiger charge is -1.99. The van der Waals surface area contributed by atoms with E-state index in [4.69, 9.17) is 14.5 Å². The lowest BCUT2D eigenvalue weighted by Crippen LogP contribution is -1.92. The summed E-state index contributed by atoms with van der Waals surface area (Å²) >= 11 is 3.33. The molecule has 0 bridgehead atoms. The number of nitrogens with zero attached hydrogens (tertiary/aromatic N) is 2. The van der Waals surface area contributed by atoms with E-state index in [1.165, 1.54) is 0 Å². The van der Waals surface area contributed by atoms with Gasteiger partial charge in [-0.1, -0.05) is 6.07 Å². The van der Waals surface area contributed by atoms with Crippen molar-refractivity contribution >= 4 is 23.1 Å². The van der Waals surface area contributed by atoms with Gasteiger partial charge in [0.25, 0.3) is 0 Å². The fourth-order valence-electron chi connectivity index (χ4n) is 2.12. The molecule has 0 spiro atoms. The van der Waals surface area contributed by atoms with E-state index in [1.54, 1.807) is 29.3 Å². The second-order valence-electron chi connectivity index (χ2n) is 4.67. The summed E-state index contributed by atoms with van der Waals surface area (Å²) in [4.78, 5) is 9.00. The van der Waals surface area contributed by atoms with Crippen molar-refractivity contribution in [3.8, 4) is 22.1 Å². The zero-order valence-corrected chi connectivity index (χ0v) is 13.2. The van der Waals surface area contributed by atoms with Crippen LogP contribution in [0.4, 0.5) is 0 Å². The van der Waals surface area contributed by atoms with Crippen LogP contribution in [0.5, 0.6) is 11.5 Å². The van der Waals surface area contributed by atoms with Crippen LogP contribution in [0.15, 0.2) is 53.0 Å². The second kappa shape index (κ2) is 5.98. The molecule has 6 heteroatoms. The van der Waals surface area contributed by atoms with Crippen molar-refractivity contribution in [2.45, 2.75) is 10.8 Å². The quantitative estimate of drug-likeness (QED) is 0.671. The third-order valence-corrected chi connectivity index (χ3v) is 5.09. The lowest BCUT2D eigenvalue weighted by molar-refractivity contribution is 0.174. The third-order valence-electron chi connectivity index (χ3n) is 3.18. The summed E-state index contributed by atoms with van der Waals surface area (Å²) in [6.45, 7) is 0.294. The van der Waals surface area contributed by atoms with Crippen LogP contribution >= 0.6 is 23.1 Å². The molecule has 0 aliphatic carbocycles. The highest BCUT2D eigenvalue weighted by Gasteiger charge is 2.15. The molecule has 0 N–H and O–H groups in total. The average molecular weight is 328 g/mol. The average Bonchev–Trinajstić information content (AvgIpc) is 3.22. The van der Waals surface area contributed by atoms with E-state index in [0.717, 1.165) is 38.5 Å². The van der Waals surface area contributed by atoms with Gasteiger partial charge in [0.1, 0.15) is 5.01 Å². The van der Waals surface area contributed by atoms with Crippen LogP contribution in [0.2, 0.25) is 0 Å². The predicted molar refractivity (Wildman–Crippen MR) is 87.5 cm³/mol. The standard InChI is InChI=1S/C16H12N2O2S2/c1-2-6-17-15(3-1)21-8-12-9-22-16(18-12)11-4-5-13-14(7-11)20-10-19-13/h1-7,9H,8,10H2. The van der Waals surface area contributed by atoms with E-state index in [-0.39, 0.29) is 0 Å². The Morgan fingerprint density at radius 1 is 1.14 bits per heavy atom. The molecule has 4 rings (SSSR count). The van der Waals surface area contributed by atoms with E-state index >= 15 is 0 Å². The minimum atomic E-state index is 0.294. The zero-order chi connectivity index (χ0) is 14.8. The predicted octanol–water partition coefficient (Wildman–Crippen LogP) is 4.23. The van der Waals surface area contributed by atoms with Gasteiger partial charge in [-0.25, -0.2) is 9.97 Å². The molecule has 4 nitrogen and oxygen atoms in total. The fraction of sp³-hybridized carbons (Fsp3) is 0.125. The molecule has 0 radical (unpaired) electrons. The van der Waals surface area contributed by atoms with E-state index < -0.39 is 0 Å². The number of ether oxygens (including phenoxy) is 2. The van der Waals surface area contributed by atoms with Crippen LogP contribution in [0.3, 0.4) is 0 Å². The van der Waals surface area contributed by atoms with Crippen LogP contribution in [0, 0.1) is 0 Å². The Balaban J connectivity index is 1.49. The molecule has 1 aliphatic heterocycles. The van der Waals surface area contributed by atoms with Crippen LogP contribution in [0.1, 0.15) is 5.69 Å². The van der Waals surface area contributed by atoms with Gasteiger partial charge in [-0.3, -0.25) is 0 Å². The van der Waals surface area contributed by atoms with Crippen molar-refractivity contribution in [2.24, 2.45) is 0 Å².